The van der Waals surface area contributed by atoms with E-state index in [4.69, 9.17) is 0 Å². The second kappa shape index (κ2) is 8.20. The van der Waals surface area contributed by atoms with Crippen molar-refractivity contribution in [2.75, 3.05) is 13.6 Å². The SMILES string of the molecule is Cc1ccc(C(C)NC(=O)CN(C)Cc2nccn2C(F)F)cc1C. The monoisotopic (exact) mass is 350 g/mol. The number of rotatable bonds is 7. The first-order chi connectivity index (χ1) is 11.8. The minimum atomic E-state index is -2.63. The second-order valence-corrected chi connectivity index (χ2v) is 6.33. The molecule has 7 heteroatoms. The van der Waals surface area contributed by atoms with Gasteiger partial charge in [-0.2, -0.15) is 8.78 Å². The van der Waals surface area contributed by atoms with Crippen LogP contribution in [0.3, 0.4) is 0 Å². The molecule has 1 aromatic carbocycles. The average molecular weight is 350 g/mol. The van der Waals surface area contributed by atoms with Crippen molar-refractivity contribution in [3.63, 3.8) is 0 Å². The third kappa shape index (κ3) is 5.09. The van der Waals surface area contributed by atoms with Crippen molar-refractivity contribution in [1.29, 1.82) is 0 Å². The molecule has 2 aromatic rings. The van der Waals surface area contributed by atoms with Gasteiger partial charge in [-0.15, -0.1) is 0 Å². The van der Waals surface area contributed by atoms with Crippen LogP contribution in [0.15, 0.2) is 30.6 Å². The van der Waals surface area contributed by atoms with Gasteiger partial charge in [0, 0.05) is 12.4 Å². The Bertz CT molecular complexity index is 730. The molecule has 0 saturated carbocycles. The van der Waals surface area contributed by atoms with Gasteiger partial charge in [-0.25, -0.2) is 4.98 Å². The number of halogens is 2. The van der Waals surface area contributed by atoms with Crippen molar-refractivity contribution in [3.8, 4) is 0 Å². The maximum absolute atomic E-state index is 12.8. The highest BCUT2D eigenvalue weighted by molar-refractivity contribution is 5.78. The smallest absolute Gasteiger partial charge is 0.319 e. The van der Waals surface area contributed by atoms with E-state index in [1.807, 2.05) is 32.9 Å². The van der Waals surface area contributed by atoms with E-state index in [2.05, 4.69) is 16.4 Å². The van der Waals surface area contributed by atoms with E-state index in [9.17, 15) is 13.6 Å². The normalized spacial score (nSPS) is 12.6. The first-order valence-electron chi connectivity index (χ1n) is 8.13. The van der Waals surface area contributed by atoms with Crippen molar-refractivity contribution in [2.24, 2.45) is 0 Å². The predicted octanol–water partition coefficient (Wildman–Crippen LogP) is 3.20. The molecular weight excluding hydrogens is 326 g/mol. The van der Waals surface area contributed by atoms with E-state index >= 15 is 0 Å². The quantitative estimate of drug-likeness (QED) is 0.834. The third-order valence-corrected chi connectivity index (χ3v) is 4.19. The number of amides is 1. The Morgan fingerprint density at radius 1 is 1.32 bits per heavy atom. The first kappa shape index (κ1) is 19.1. The van der Waals surface area contributed by atoms with E-state index in [1.54, 1.807) is 11.9 Å². The Morgan fingerprint density at radius 2 is 2.04 bits per heavy atom. The fourth-order valence-electron chi connectivity index (χ4n) is 2.59. The number of alkyl halides is 2. The summed E-state index contributed by atoms with van der Waals surface area (Å²) in [6.45, 7) is 3.64. The van der Waals surface area contributed by atoms with Gasteiger partial charge in [0.25, 0.3) is 0 Å². The summed E-state index contributed by atoms with van der Waals surface area (Å²) in [6.07, 6.45) is 2.56. The van der Waals surface area contributed by atoms with Crippen LogP contribution in [0, 0.1) is 13.8 Å². The Balaban J connectivity index is 1.90. The molecule has 0 fully saturated rings. The van der Waals surface area contributed by atoms with E-state index in [0.29, 0.717) is 0 Å². The second-order valence-electron chi connectivity index (χ2n) is 6.33. The van der Waals surface area contributed by atoms with Gasteiger partial charge in [-0.3, -0.25) is 14.3 Å². The maximum atomic E-state index is 12.8. The Morgan fingerprint density at radius 3 is 2.68 bits per heavy atom. The molecule has 0 spiro atoms. The fraction of sp³-hybridized carbons (Fsp3) is 0.444. The van der Waals surface area contributed by atoms with Crippen molar-refractivity contribution in [3.05, 3.63) is 53.1 Å². The Hall–Kier alpha value is -2.28. The molecule has 0 aliphatic heterocycles. The number of carbonyl (C=O) groups is 1. The lowest BCUT2D eigenvalue weighted by atomic mass is 10.0. The van der Waals surface area contributed by atoms with Crippen LogP contribution in [0.4, 0.5) is 8.78 Å². The molecular formula is C18H24F2N4O. The third-order valence-electron chi connectivity index (χ3n) is 4.19. The van der Waals surface area contributed by atoms with Crippen molar-refractivity contribution < 1.29 is 13.6 Å². The number of benzene rings is 1. The molecule has 5 nitrogen and oxygen atoms in total. The van der Waals surface area contributed by atoms with Crippen molar-refractivity contribution >= 4 is 5.91 Å². The summed E-state index contributed by atoms with van der Waals surface area (Å²) in [6, 6.07) is 5.96. The lowest BCUT2D eigenvalue weighted by Crippen LogP contribution is -2.36. The molecule has 136 valence electrons. The van der Waals surface area contributed by atoms with Crippen LogP contribution in [0.25, 0.3) is 0 Å². The van der Waals surface area contributed by atoms with Gasteiger partial charge >= 0.3 is 6.55 Å². The molecule has 0 saturated heterocycles. The highest BCUT2D eigenvalue weighted by Gasteiger charge is 2.16. The Labute approximate surface area is 146 Å². The lowest BCUT2D eigenvalue weighted by Gasteiger charge is -2.20. The van der Waals surface area contributed by atoms with Gasteiger partial charge in [0.05, 0.1) is 19.1 Å². The lowest BCUT2D eigenvalue weighted by molar-refractivity contribution is -0.122. The summed E-state index contributed by atoms with van der Waals surface area (Å²) >= 11 is 0. The highest BCUT2D eigenvalue weighted by atomic mass is 19.3. The van der Waals surface area contributed by atoms with Crippen molar-refractivity contribution in [2.45, 2.75) is 39.9 Å². The zero-order valence-corrected chi connectivity index (χ0v) is 15.0. The maximum Gasteiger partial charge on any atom is 0.319 e. The van der Waals surface area contributed by atoms with Crippen LogP contribution in [-0.4, -0.2) is 34.0 Å². The zero-order chi connectivity index (χ0) is 18.6. The van der Waals surface area contributed by atoms with Crippen molar-refractivity contribution in [1.82, 2.24) is 19.8 Å². The number of carbonyl (C=O) groups excluding carboxylic acids is 1. The summed E-state index contributed by atoms with van der Waals surface area (Å²) in [5.74, 6) is 0.0656. The standard InChI is InChI=1S/C18H24F2N4O/c1-12-5-6-15(9-13(12)2)14(3)22-17(25)11-23(4)10-16-21-7-8-24(16)18(19)20/h5-9,14,18H,10-11H2,1-4H3,(H,22,25). The van der Waals surface area contributed by atoms with Gasteiger partial charge in [0.1, 0.15) is 5.82 Å². The van der Waals surface area contributed by atoms with Crippen LogP contribution < -0.4 is 5.32 Å². The van der Waals surface area contributed by atoms with E-state index in [0.717, 1.165) is 10.1 Å². The summed E-state index contributed by atoms with van der Waals surface area (Å²) < 4.78 is 26.4. The number of imidazole rings is 1. The van der Waals surface area contributed by atoms with Gasteiger partial charge < -0.3 is 5.32 Å². The summed E-state index contributed by atoms with van der Waals surface area (Å²) in [7, 11) is 1.70. The molecule has 1 unspecified atom stereocenters. The molecule has 1 N–H and O–H groups in total. The number of aryl methyl sites for hydroxylation is 2. The number of aromatic nitrogens is 2. The largest absolute Gasteiger partial charge is 0.348 e. The van der Waals surface area contributed by atoms with Gasteiger partial charge in [-0.1, -0.05) is 18.2 Å². The zero-order valence-electron chi connectivity index (χ0n) is 15.0. The molecule has 1 heterocycles. The summed E-state index contributed by atoms with van der Waals surface area (Å²) in [5.41, 5.74) is 3.42. The first-order valence-corrected chi connectivity index (χ1v) is 8.13. The number of hydrogen-bond acceptors (Lipinski definition) is 3. The van der Waals surface area contributed by atoms with Crippen LogP contribution >= 0.6 is 0 Å². The van der Waals surface area contributed by atoms with E-state index in [1.165, 1.54) is 23.5 Å². The van der Waals surface area contributed by atoms with Gasteiger partial charge in [0.15, 0.2) is 0 Å². The summed E-state index contributed by atoms with van der Waals surface area (Å²) in [4.78, 5) is 17.8. The number of nitrogens with one attached hydrogen (secondary N) is 1. The number of nitrogens with zero attached hydrogens (tertiary/aromatic N) is 3. The predicted molar refractivity (Wildman–Crippen MR) is 92.3 cm³/mol. The molecule has 2 rings (SSSR count). The summed E-state index contributed by atoms with van der Waals surface area (Å²) in [5, 5.41) is 2.93. The number of likely N-dealkylation sites (N-methyl/N-ethyl adjacent to an activating group) is 1. The Kier molecular flexibility index (Phi) is 6.25. The molecule has 0 aliphatic rings. The topological polar surface area (TPSA) is 50.2 Å². The molecule has 0 bridgehead atoms. The molecule has 0 radical (unpaired) electrons. The van der Waals surface area contributed by atoms with E-state index < -0.39 is 6.55 Å². The van der Waals surface area contributed by atoms with Crippen LogP contribution in [0.2, 0.25) is 0 Å². The van der Waals surface area contributed by atoms with Gasteiger partial charge in [0.2, 0.25) is 5.91 Å². The molecule has 1 aromatic heterocycles. The number of hydrogen-bond donors (Lipinski definition) is 1. The van der Waals surface area contributed by atoms with E-state index in [-0.39, 0.29) is 30.9 Å². The fourth-order valence-corrected chi connectivity index (χ4v) is 2.59. The molecule has 1 amide bonds. The van der Waals surface area contributed by atoms with Crippen LogP contribution in [-0.2, 0) is 11.3 Å². The minimum Gasteiger partial charge on any atom is -0.348 e. The average Bonchev–Trinajstić information content (AvgIpc) is 2.97. The van der Waals surface area contributed by atoms with Gasteiger partial charge in [-0.05, 0) is 44.5 Å². The molecule has 1 atom stereocenters. The van der Waals surface area contributed by atoms with Crippen LogP contribution in [0.5, 0.6) is 0 Å². The molecule has 25 heavy (non-hydrogen) atoms. The molecule has 0 aliphatic carbocycles. The van der Waals surface area contributed by atoms with Crippen LogP contribution in [0.1, 0.15) is 42.0 Å². The highest BCUT2D eigenvalue weighted by Crippen LogP contribution is 2.17. The minimum absolute atomic E-state index is 0.102.